The lowest BCUT2D eigenvalue weighted by Gasteiger charge is -2.09. The lowest BCUT2D eigenvalue weighted by Crippen LogP contribution is -2.20. The van der Waals surface area contributed by atoms with Crippen LogP contribution in [0.1, 0.15) is 36.7 Å². The number of nitrogens with one attached hydrogen (secondary N) is 2. The van der Waals surface area contributed by atoms with E-state index < -0.39 is 0 Å². The van der Waals surface area contributed by atoms with Crippen LogP contribution in [0.25, 0.3) is 10.8 Å². The molecule has 3 aromatic carbocycles. The summed E-state index contributed by atoms with van der Waals surface area (Å²) in [5.74, 6) is -0.408. The molecule has 3 aromatic rings. The van der Waals surface area contributed by atoms with Crippen LogP contribution in [0, 0.1) is 5.92 Å². The van der Waals surface area contributed by atoms with Crippen molar-refractivity contribution in [2.24, 2.45) is 11.0 Å². The van der Waals surface area contributed by atoms with Crippen molar-refractivity contribution in [2.45, 2.75) is 20.8 Å². The maximum Gasteiger partial charge on any atom is 0.272 e. The number of carbonyl (C=O) groups excluding carboxylic acids is 2. The molecule has 0 heterocycles. The summed E-state index contributed by atoms with van der Waals surface area (Å²) in [6.07, 6.45) is 0. The van der Waals surface area contributed by atoms with E-state index in [1.54, 1.807) is 6.07 Å². The van der Waals surface area contributed by atoms with Gasteiger partial charge in [-0.05, 0) is 41.5 Å². The van der Waals surface area contributed by atoms with E-state index in [9.17, 15) is 9.59 Å². The van der Waals surface area contributed by atoms with Crippen molar-refractivity contribution in [1.29, 1.82) is 0 Å². The Morgan fingerprint density at radius 3 is 2.43 bits per heavy atom. The summed E-state index contributed by atoms with van der Waals surface area (Å²) >= 11 is 0. The number of hydrazone groups is 1. The number of amides is 2. The fraction of sp³-hybridized carbons (Fsp3) is 0.174. The van der Waals surface area contributed by atoms with Gasteiger partial charge in [-0.25, -0.2) is 5.43 Å². The van der Waals surface area contributed by atoms with Crippen molar-refractivity contribution in [2.75, 3.05) is 5.32 Å². The highest BCUT2D eigenvalue weighted by Gasteiger charge is 2.10. The number of carbonyl (C=O) groups is 2. The van der Waals surface area contributed by atoms with Gasteiger partial charge in [0.05, 0.1) is 5.71 Å². The maximum atomic E-state index is 12.6. The first-order chi connectivity index (χ1) is 13.5. The van der Waals surface area contributed by atoms with E-state index >= 15 is 0 Å². The van der Waals surface area contributed by atoms with Gasteiger partial charge in [-0.3, -0.25) is 9.59 Å². The van der Waals surface area contributed by atoms with Crippen LogP contribution in [-0.4, -0.2) is 17.5 Å². The second kappa shape index (κ2) is 8.48. The Morgan fingerprint density at radius 1 is 0.929 bits per heavy atom. The molecule has 5 nitrogen and oxygen atoms in total. The zero-order valence-corrected chi connectivity index (χ0v) is 16.2. The smallest absolute Gasteiger partial charge is 0.272 e. The minimum absolute atomic E-state index is 0.0454. The molecule has 5 heteroatoms. The molecule has 0 radical (unpaired) electrons. The Hall–Kier alpha value is -3.47. The largest absolute Gasteiger partial charge is 0.326 e. The molecule has 0 aliphatic rings. The molecule has 0 aliphatic heterocycles. The van der Waals surface area contributed by atoms with Crippen LogP contribution in [0.3, 0.4) is 0 Å². The number of hydrogen-bond acceptors (Lipinski definition) is 3. The molecule has 0 aromatic heterocycles. The lowest BCUT2D eigenvalue weighted by atomic mass is 10.0. The number of nitrogens with zero attached hydrogens (tertiary/aromatic N) is 1. The van der Waals surface area contributed by atoms with E-state index in [0.717, 1.165) is 16.3 Å². The number of fused-ring (bicyclic) bond motifs is 1. The van der Waals surface area contributed by atoms with Crippen LogP contribution in [0.2, 0.25) is 0 Å². The van der Waals surface area contributed by atoms with E-state index in [-0.39, 0.29) is 17.7 Å². The van der Waals surface area contributed by atoms with Gasteiger partial charge in [-0.15, -0.1) is 0 Å². The number of anilines is 1. The topological polar surface area (TPSA) is 70.6 Å². The molecule has 2 amide bonds. The standard InChI is InChI=1S/C23H23N3O2/c1-15(2)22(27)24-19-11-6-10-18(14-19)16(3)25-26-23(28)21-13-7-9-17-8-4-5-12-20(17)21/h4-15H,1-3H3,(H,24,27)(H,26,28)/b25-16-. The average molecular weight is 373 g/mol. The number of hydrogen-bond donors (Lipinski definition) is 2. The van der Waals surface area contributed by atoms with Gasteiger partial charge in [0.1, 0.15) is 0 Å². The fourth-order valence-electron chi connectivity index (χ4n) is 2.79. The summed E-state index contributed by atoms with van der Waals surface area (Å²) in [4.78, 5) is 24.5. The molecule has 0 unspecified atom stereocenters. The molecule has 0 saturated carbocycles. The molecule has 3 rings (SSSR count). The van der Waals surface area contributed by atoms with Crippen LogP contribution < -0.4 is 10.7 Å². The molecule has 0 fully saturated rings. The van der Waals surface area contributed by atoms with E-state index in [4.69, 9.17) is 0 Å². The summed E-state index contributed by atoms with van der Waals surface area (Å²) in [6, 6.07) is 20.7. The zero-order chi connectivity index (χ0) is 20.1. The van der Waals surface area contributed by atoms with Gasteiger partial charge in [0, 0.05) is 17.2 Å². The van der Waals surface area contributed by atoms with Crippen molar-refractivity contribution in [3.8, 4) is 0 Å². The normalized spacial score (nSPS) is 11.5. The first-order valence-corrected chi connectivity index (χ1v) is 9.19. The van der Waals surface area contributed by atoms with Crippen molar-refractivity contribution in [3.63, 3.8) is 0 Å². The third-order valence-corrected chi connectivity index (χ3v) is 4.43. The van der Waals surface area contributed by atoms with Crippen molar-refractivity contribution in [3.05, 3.63) is 77.9 Å². The molecular formula is C23H23N3O2. The molecule has 2 N–H and O–H groups in total. The molecule has 142 valence electrons. The van der Waals surface area contributed by atoms with Gasteiger partial charge in [0.15, 0.2) is 0 Å². The van der Waals surface area contributed by atoms with Gasteiger partial charge in [0.25, 0.3) is 5.91 Å². The van der Waals surface area contributed by atoms with Crippen molar-refractivity contribution in [1.82, 2.24) is 5.43 Å². The Labute approximate surface area is 164 Å². The predicted octanol–water partition coefficient (Wildman–Crippen LogP) is 4.59. The molecule has 0 aliphatic carbocycles. The van der Waals surface area contributed by atoms with Crippen LogP contribution >= 0.6 is 0 Å². The summed E-state index contributed by atoms with van der Waals surface area (Å²) in [5, 5.41) is 8.99. The second-order valence-corrected chi connectivity index (χ2v) is 6.89. The van der Waals surface area contributed by atoms with Crippen molar-refractivity contribution < 1.29 is 9.59 Å². The van der Waals surface area contributed by atoms with Crippen LogP contribution in [0.5, 0.6) is 0 Å². The molecule has 28 heavy (non-hydrogen) atoms. The molecule has 0 atom stereocenters. The van der Waals surface area contributed by atoms with E-state index in [0.29, 0.717) is 17.0 Å². The van der Waals surface area contributed by atoms with Gasteiger partial charge in [0.2, 0.25) is 5.91 Å². The predicted molar refractivity (Wildman–Crippen MR) is 114 cm³/mol. The monoisotopic (exact) mass is 373 g/mol. The molecular weight excluding hydrogens is 350 g/mol. The Kier molecular flexibility index (Phi) is 5.84. The average Bonchev–Trinajstić information content (AvgIpc) is 2.71. The van der Waals surface area contributed by atoms with Gasteiger partial charge in [-0.1, -0.05) is 62.4 Å². The van der Waals surface area contributed by atoms with Crippen molar-refractivity contribution >= 4 is 34.0 Å². The van der Waals surface area contributed by atoms with Gasteiger partial charge in [-0.2, -0.15) is 5.10 Å². The highest BCUT2D eigenvalue weighted by molar-refractivity contribution is 6.08. The van der Waals surface area contributed by atoms with Crippen LogP contribution in [-0.2, 0) is 4.79 Å². The molecule has 0 spiro atoms. The summed E-state index contributed by atoms with van der Waals surface area (Å²) in [5.41, 5.74) is 5.37. The quantitative estimate of drug-likeness (QED) is 0.507. The van der Waals surface area contributed by atoms with Gasteiger partial charge >= 0.3 is 0 Å². The number of rotatable bonds is 5. The summed E-state index contributed by atoms with van der Waals surface area (Å²) in [7, 11) is 0. The second-order valence-electron chi connectivity index (χ2n) is 6.89. The summed E-state index contributed by atoms with van der Waals surface area (Å²) < 4.78 is 0. The van der Waals surface area contributed by atoms with E-state index in [2.05, 4.69) is 15.8 Å². The summed E-state index contributed by atoms with van der Waals surface area (Å²) in [6.45, 7) is 5.50. The fourth-order valence-corrected chi connectivity index (χ4v) is 2.79. The minimum atomic E-state index is -0.264. The first-order valence-electron chi connectivity index (χ1n) is 9.19. The third-order valence-electron chi connectivity index (χ3n) is 4.43. The SMILES string of the molecule is C/C(=N/NC(=O)c1cccc2ccccc12)c1cccc(NC(=O)C(C)C)c1. The number of benzene rings is 3. The first kappa shape index (κ1) is 19.3. The zero-order valence-electron chi connectivity index (χ0n) is 16.2. The third kappa shape index (κ3) is 4.43. The van der Waals surface area contributed by atoms with Crippen LogP contribution in [0.4, 0.5) is 5.69 Å². The molecule has 0 bridgehead atoms. The minimum Gasteiger partial charge on any atom is -0.326 e. The Balaban J connectivity index is 1.77. The Bertz CT molecular complexity index is 1050. The van der Waals surface area contributed by atoms with Gasteiger partial charge < -0.3 is 5.32 Å². The van der Waals surface area contributed by atoms with E-state index in [1.807, 2.05) is 81.4 Å². The highest BCUT2D eigenvalue weighted by atomic mass is 16.2. The van der Waals surface area contributed by atoms with Crippen LogP contribution in [0.15, 0.2) is 71.8 Å². The Morgan fingerprint density at radius 2 is 1.64 bits per heavy atom. The van der Waals surface area contributed by atoms with E-state index in [1.165, 1.54) is 0 Å². The molecule has 0 saturated heterocycles. The maximum absolute atomic E-state index is 12.6. The highest BCUT2D eigenvalue weighted by Crippen LogP contribution is 2.18. The lowest BCUT2D eigenvalue weighted by molar-refractivity contribution is -0.118.